The van der Waals surface area contributed by atoms with Gasteiger partial charge in [-0.05, 0) is 43.9 Å². The van der Waals surface area contributed by atoms with Crippen LogP contribution in [-0.4, -0.2) is 49.7 Å². The first kappa shape index (κ1) is 18.9. The maximum Gasteiger partial charge on any atom is 0.243 e. The number of piperazine rings is 1. The quantitative estimate of drug-likeness (QED) is 0.811. The van der Waals surface area contributed by atoms with Gasteiger partial charge >= 0.3 is 0 Å². The fourth-order valence-electron chi connectivity index (χ4n) is 3.91. The summed E-state index contributed by atoms with van der Waals surface area (Å²) in [7, 11) is -3.57. The number of aryl methyl sites for hydroxylation is 2. The molecule has 0 aromatic heterocycles. The normalized spacial score (nSPS) is 20.7. The highest BCUT2D eigenvalue weighted by Gasteiger charge is 2.45. The summed E-state index contributed by atoms with van der Waals surface area (Å²) in [5.74, 6) is -0.124. The van der Waals surface area contributed by atoms with E-state index in [1.54, 1.807) is 17.9 Å². The molecular weight excluding hydrogens is 350 g/mol. The van der Waals surface area contributed by atoms with Gasteiger partial charge in [-0.1, -0.05) is 25.0 Å². The zero-order chi connectivity index (χ0) is 18.9. The second-order valence-electron chi connectivity index (χ2n) is 7.37. The van der Waals surface area contributed by atoms with Crippen molar-refractivity contribution in [3.8, 4) is 6.07 Å². The molecule has 26 heavy (non-hydrogen) atoms. The molecule has 3 rings (SSSR count). The molecular formula is C19H25N3O3S. The summed E-state index contributed by atoms with van der Waals surface area (Å²) in [6.45, 7) is 4.88. The first-order valence-electron chi connectivity index (χ1n) is 9.08. The van der Waals surface area contributed by atoms with Crippen molar-refractivity contribution in [3.63, 3.8) is 0 Å². The Morgan fingerprint density at radius 2 is 1.73 bits per heavy atom. The Morgan fingerprint density at radius 1 is 1.12 bits per heavy atom. The highest BCUT2D eigenvalue weighted by molar-refractivity contribution is 7.89. The molecule has 1 saturated heterocycles. The first-order chi connectivity index (χ1) is 12.3. The number of nitriles is 1. The molecule has 0 N–H and O–H groups in total. The second kappa shape index (κ2) is 7.01. The van der Waals surface area contributed by atoms with Crippen molar-refractivity contribution in [2.45, 2.75) is 44.4 Å². The zero-order valence-corrected chi connectivity index (χ0v) is 16.2. The fourth-order valence-corrected chi connectivity index (χ4v) is 5.64. The highest BCUT2D eigenvalue weighted by Crippen LogP contribution is 2.39. The van der Waals surface area contributed by atoms with Crippen LogP contribution in [0.2, 0.25) is 0 Å². The number of carbonyl (C=O) groups excluding carboxylic acids is 1. The molecule has 1 aromatic carbocycles. The molecule has 2 fully saturated rings. The molecule has 6 nitrogen and oxygen atoms in total. The standard InChI is InChI=1S/C19H25N3O3S/c1-15-5-6-16(2)17(13-15)26(24,25)22-11-9-21(10-12-22)18(23)19(14-20)7-3-4-8-19/h5-6,13H,3-4,7-12H2,1-2H3. The van der Waals surface area contributed by atoms with Crippen molar-refractivity contribution >= 4 is 15.9 Å². The number of hydrogen-bond acceptors (Lipinski definition) is 4. The van der Waals surface area contributed by atoms with E-state index in [0.717, 1.165) is 24.0 Å². The maximum absolute atomic E-state index is 13.0. The Labute approximate surface area is 155 Å². The lowest BCUT2D eigenvalue weighted by atomic mass is 9.86. The molecule has 1 aromatic rings. The van der Waals surface area contributed by atoms with Crippen LogP contribution < -0.4 is 0 Å². The molecule has 0 radical (unpaired) electrons. The Hall–Kier alpha value is -1.91. The van der Waals surface area contributed by atoms with Gasteiger partial charge in [-0.3, -0.25) is 4.79 Å². The molecule has 140 valence electrons. The molecule has 2 aliphatic rings. The van der Waals surface area contributed by atoms with E-state index in [4.69, 9.17) is 0 Å². The molecule has 0 spiro atoms. The van der Waals surface area contributed by atoms with Gasteiger partial charge in [0, 0.05) is 26.2 Å². The fraction of sp³-hybridized carbons (Fsp3) is 0.579. The minimum absolute atomic E-state index is 0.124. The van der Waals surface area contributed by atoms with Gasteiger partial charge in [-0.2, -0.15) is 9.57 Å². The summed E-state index contributed by atoms with van der Waals surface area (Å²) in [6.07, 6.45) is 3.03. The van der Waals surface area contributed by atoms with Crippen molar-refractivity contribution in [2.24, 2.45) is 5.41 Å². The number of hydrogen-bond donors (Lipinski definition) is 0. The topological polar surface area (TPSA) is 81.5 Å². The van der Waals surface area contributed by atoms with Gasteiger partial charge in [0.1, 0.15) is 5.41 Å². The zero-order valence-electron chi connectivity index (χ0n) is 15.4. The van der Waals surface area contributed by atoms with Crippen LogP contribution in [0.1, 0.15) is 36.8 Å². The van der Waals surface area contributed by atoms with E-state index in [1.807, 2.05) is 19.1 Å². The SMILES string of the molecule is Cc1ccc(C)c(S(=O)(=O)N2CCN(C(=O)C3(C#N)CCCC3)CC2)c1. The van der Waals surface area contributed by atoms with Crippen molar-refractivity contribution in [2.75, 3.05) is 26.2 Å². The van der Waals surface area contributed by atoms with Crippen LogP contribution in [0.5, 0.6) is 0 Å². The summed E-state index contributed by atoms with van der Waals surface area (Å²) >= 11 is 0. The Balaban J connectivity index is 1.73. The van der Waals surface area contributed by atoms with Crippen molar-refractivity contribution < 1.29 is 13.2 Å². The van der Waals surface area contributed by atoms with Crippen LogP contribution in [0.25, 0.3) is 0 Å². The average Bonchev–Trinajstić information content (AvgIpc) is 3.13. The minimum Gasteiger partial charge on any atom is -0.339 e. The van der Waals surface area contributed by atoms with Crippen LogP contribution in [0, 0.1) is 30.6 Å². The minimum atomic E-state index is -3.57. The second-order valence-corrected chi connectivity index (χ2v) is 9.27. The van der Waals surface area contributed by atoms with Gasteiger partial charge < -0.3 is 4.90 Å². The summed E-state index contributed by atoms with van der Waals surface area (Å²) in [5, 5.41) is 9.50. The van der Waals surface area contributed by atoms with Crippen LogP contribution in [0.15, 0.2) is 23.1 Å². The van der Waals surface area contributed by atoms with Crippen molar-refractivity contribution in [1.82, 2.24) is 9.21 Å². The van der Waals surface area contributed by atoms with E-state index in [2.05, 4.69) is 6.07 Å². The van der Waals surface area contributed by atoms with E-state index in [0.29, 0.717) is 30.8 Å². The van der Waals surface area contributed by atoms with E-state index in [9.17, 15) is 18.5 Å². The molecule has 0 bridgehead atoms. The van der Waals surface area contributed by atoms with Gasteiger partial charge in [0.15, 0.2) is 0 Å². The van der Waals surface area contributed by atoms with Gasteiger partial charge in [0.2, 0.25) is 15.9 Å². The van der Waals surface area contributed by atoms with Crippen LogP contribution in [0.3, 0.4) is 0 Å². The third kappa shape index (κ3) is 3.24. The van der Waals surface area contributed by atoms with Gasteiger partial charge in [-0.25, -0.2) is 8.42 Å². The first-order valence-corrected chi connectivity index (χ1v) is 10.5. The van der Waals surface area contributed by atoms with Crippen LogP contribution >= 0.6 is 0 Å². The molecule has 7 heteroatoms. The number of rotatable bonds is 3. The third-order valence-corrected chi connectivity index (χ3v) is 7.61. The highest BCUT2D eigenvalue weighted by atomic mass is 32.2. The molecule has 0 unspecified atom stereocenters. The van der Waals surface area contributed by atoms with Gasteiger partial charge in [0.05, 0.1) is 11.0 Å². The number of sulfonamides is 1. The van der Waals surface area contributed by atoms with E-state index < -0.39 is 15.4 Å². The van der Waals surface area contributed by atoms with Crippen LogP contribution in [0.4, 0.5) is 0 Å². The number of carbonyl (C=O) groups is 1. The smallest absolute Gasteiger partial charge is 0.243 e. The maximum atomic E-state index is 13.0. The summed E-state index contributed by atoms with van der Waals surface area (Å²) in [4.78, 5) is 14.8. The Kier molecular flexibility index (Phi) is 5.09. The van der Waals surface area contributed by atoms with Crippen molar-refractivity contribution in [1.29, 1.82) is 5.26 Å². The molecule has 1 aliphatic carbocycles. The molecule has 1 aliphatic heterocycles. The molecule has 1 heterocycles. The predicted molar refractivity (Wildman–Crippen MR) is 97.8 cm³/mol. The molecule has 0 atom stereocenters. The number of amides is 1. The van der Waals surface area contributed by atoms with Crippen molar-refractivity contribution in [3.05, 3.63) is 29.3 Å². The lowest BCUT2D eigenvalue weighted by Gasteiger charge is -2.37. The summed E-state index contributed by atoms with van der Waals surface area (Å²) in [6, 6.07) is 7.65. The Morgan fingerprint density at radius 3 is 2.31 bits per heavy atom. The van der Waals surface area contributed by atoms with Gasteiger partial charge in [0.25, 0.3) is 0 Å². The van der Waals surface area contributed by atoms with E-state index >= 15 is 0 Å². The van der Waals surface area contributed by atoms with E-state index in [1.165, 1.54) is 4.31 Å². The summed E-state index contributed by atoms with van der Waals surface area (Å²) < 4.78 is 27.4. The average molecular weight is 375 g/mol. The number of nitrogens with zero attached hydrogens (tertiary/aromatic N) is 3. The lowest BCUT2D eigenvalue weighted by molar-refractivity contribution is -0.140. The third-order valence-electron chi connectivity index (χ3n) is 5.57. The Bertz CT molecular complexity index is 843. The summed E-state index contributed by atoms with van der Waals surface area (Å²) in [5.41, 5.74) is 0.734. The monoisotopic (exact) mass is 375 g/mol. The number of benzene rings is 1. The molecule has 1 saturated carbocycles. The predicted octanol–water partition coefficient (Wildman–Crippen LogP) is 2.22. The van der Waals surface area contributed by atoms with Gasteiger partial charge in [-0.15, -0.1) is 0 Å². The van der Waals surface area contributed by atoms with Crippen LogP contribution in [-0.2, 0) is 14.8 Å². The molecule has 1 amide bonds. The van der Waals surface area contributed by atoms with E-state index in [-0.39, 0.29) is 19.0 Å². The largest absolute Gasteiger partial charge is 0.339 e. The lowest BCUT2D eigenvalue weighted by Crippen LogP contribution is -2.53.